The Hall–Kier alpha value is -2.48. The SMILES string of the molecule is CC1(c2csc(Nc3ccc([N+](=O)[O-])cc3)n2)CCC(=O)O1. The van der Waals surface area contributed by atoms with Gasteiger partial charge < -0.3 is 10.1 Å². The van der Waals surface area contributed by atoms with E-state index in [1.165, 1.54) is 23.5 Å². The summed E-state index contributed by atoms with van der Waals surface area (Å²) in [5, 5.41) is 16.2. The highest BCUT2D eigenvalue weighted by Gasteiger charge is 2.39. The minimum Gasteiger partial charge on any atom is -0.453 e. The molecule has 0 radical (unpaired) electrons. The zero-order chi connectivity index (χ0) is 15.7. The molecule has 7 nitrogen and oxygen atoms in total. The van der Waals surface area contributed by atoms with Crippen molar-refractivity contribution in [2.45, 2.75) is 25.4 Å². The molecule has 1 atom stereocenters. The van der Waals surface area contributed by atoms with E-state index >= 15 is 0 Å². The second kappa shape index (κ2) is 5.38. The highest BCUT2D eigenvalue weighted by atomic mass is 32.1. The minimum atomic E-state index is -0.664. The van der Waals surface area contributed by atoms with Gasteiger partial charge in [0.2, 0.25) is 0 Å². The van der Waals surface area contributed by atoms with E-state index in [4.69, 9.17) is 4.74 Å². The van der Waals surface area contributed by atoms with Gasteiger partial charge in [-0.05, 0) is 19.1 Å². The van der Waals surface area contributed by atoms with Crippen LogP contribution in [0.2, 0.25) is 0 Å². The van der Waals surface area contributed by atoms with E-state index in [0.29, 0.717) is 29.4 Å². The number of nitro groups is 1. The number of nitro benzene ring substituents is 1. The average Bonchev–Trinajstić information content (AvgIpc) is 3.08. The molecule has 1 aliphatic rings. The molecule has 1 unspecified atom stereocenters. The van der Waals surface area contributed by atoms with Crippen LogP contribution in [0.4, 0.5) is 16.5 Å². The molecule has 3 rings (SSSR count). The molecule has 0 amide bonds. The third-order valence-electron chi connectivity index (χ3n) is 3.52. The molecule has 1 aromatic heterocycles. The van der Waals surface area contributed by atoms with Crippen LogP contribution in [0.25, 0.3) is 0 Å². The van der Waals surface area contributed by atoms with Crippen molar-refractivity contribution in [3.63, 3.8) is 0 Å². The number of nitrogens with zero attached hydrogens (tertiary/aromatic N) is 2. The summed E-state index contributed by atoms with van der Waals surface area (Å²) in [6.45, 7) is 1.85. The Morgan fingerprint density at radius 3 is 2.73 bits per heavy atom. The summed E-state index contributed by atoms with van der Waals surface area (Å²) in [5.41, 5.74) is 0.798. The van der Waals surface area contributed by atoms with Gasteiger partial charge in [-0.1, -0.05) is 0 Å². The fourth-order valence-electron chi connectivity index (χ4n) is 2.24. The van der Waals surface area contributed by atoms with E-state index in [2.05, 4.69) is 10.3 Å². The molecule has 1 aliphatic heterocycles. The van der Waals surface area contributed by atoms with Gasteiger partial charge in [-0.15, -0.1) is 11.3 Å². The second-order valence-electron chi connectivity index (χ2n) is 5.17. The Labute approximate surface area is 130 Å². The van der Waals surface area contributed by atoms with Gasteiger partial charge >= 0.3 is 5.97 Å². The number of anilines is 2. The first kappa shape index (κ1) is 14.5. The first-order valence-electron chi connectivity index (χ1n) is 6.66. The Bertz CT molecular complexity index is 728. The van der Waals surface area contributed by atoms with Gasteiger partial charge in [-0.3, -0.25) is 14.9 Å². The van der Waals surface area contributed by atoms with E-state index < -0.39 is 10.5 Å². The zero-order valence-corrected chi connectivity index (χ0v) is 12.6. The summed E-state index contributed by atoms with van der Waals surface area (Å²) in [7, 11) is 0. The standard InChI is InChI=1S/C14H13N3O4S/c1-14(7-6-12(18)21-14)11-8-22-13(16-11)15-9-2-4-10(5-3-9)17(19)20/h2-5,8H,6-7H2,1H3,(H,15,16). The molecule has 2 heterocycles. The number of thiazole rings is 1. The van der Waals surface area contributed by atoms with Crippen molar-refractivity contribution < 1.29 is 14.5 Å². The Balaban J connectivity index is 1.74. The molecule has 1 fully saturated rings. The highest BCUT2D eigenvalue weighted by molar-refractivity contribution is 7.13. The number of non-ortho nitro benzene ring substituents is 1. The molecular weight excluding hydrogens is 306 g/mol. The lowest BCUT2D eigenvalue weighted by Crippen LogP contribution is -2.21. The number of hydrogen-bond acceptors (Lipinski definition) is 7. The molecule has 1 N–H and O–H groups in total. The third kappa shape index (κ3) is 2.77. The van der Waals surface area contributed by atoms with Gasteiger partial charge in [-0.2, -0.15) is 0 Å². The number of nitrogens with one attached hydrogen (secondary N) is 1. The van der Waals surface area contributed by atoms with E-state index in [0.717, 1.165) is 0 Å². The molecule has 0 aliphatic carbocycles. The van der Waals surface area contributed by atoms with E-state index in [1.807, 2.05) is 12.3 Å². The van der Waals surface area contributed by atoms with Crippen molar-refractivity contribution in [1.82, 2.24) is 4.98 Å². The van der Waals surface area contributed by atoms with Gasteiger partial charge in [0.25, 0.3) is 5.69 Å². The predicted octanol–water partition coefficient (Wildman–Crippen LogP) is 3.35. The minimum absolute atomic E-state index is 0.0377. The normalized spacial score (nSPS) is 20.7. The molecule has 1 aromatic carbocycles. The Morgan fingerprint density at radius 2 is 2.14 bits per heavy atom. The van der Waals surface area contributed by atoms with Crippen LogP contribution in [-0.2, 0) is 15.1 Å². The fraction of sp³-hybridized carbons (Fsp3) is 0.286. The number of hydrogen-bond donors (Lipinski definition) is 1. The van der Waals surface area contributed by atoms with Crippen molar-refractivity contribution >= 4 is 33.8 Å². The zero-order valence-electron chi connectivity index (χ0n) is 11.7. The summed E-state index contributed by atoms with van der Waals surface area (Å²) < 4.78 is 5.34. The van der Waals surface area contributed by atoms with Crippen LogP contribution in [0.15, 0.2) is 29.6 Å². The average molecular weight is 319 g/mol. The number of benzene rings is 1. The molecule has 0 saturated carbocycles. The van der Waals surface area contributed by atoms with Crippen molar-refractivity contribution in [3.8, 4) is 0 Å². The monoisotopic (exact) mass is 319 g/mol. The van der Waals surface area contributed by atoms with Crippen LogP contribution in [0.1, 0.15) is 25.5 Å². The number of ether oxygens (including phenoxy) is 1. The summed E-state index contributed by atoms with van der Waals surface area (Å²) in [6, 6.07) is 6.10. The van der Waals surface area contributed by atoms with Crippen LogP contribution in [-0.4, -0.2) is 15.9 Å². The lowest BCUT2D eigenvalue weighted by molar-refractivity contribution is -0.384. The number of carbonyl (C=O) groups excluding carboxylic acids is 1. The smallest absolute Gasteiger partial charge is 0.306 e. The maximum Gasteiger partial charge on any atom is 0.306 e. The maximum atomic E-state index is 11.3. The van der Waals surface area contributed by atoms with Crippen molar-refractivity contribution in [1.29, 1.82) is 0 Å². The molecule has 114 valence electrons. The largest absolute Gasteiger partial charge is 0.453 e. The maximum absolute atomic E-state index is 11.3. The van der Waals surface area contributed by atoms with E-state index in [9.17, 15) is 14.9 Å². The Morgan fingerprint density at radius 1 is 1.41 bits per heavy atom. The molecular formula is C14H13N3O4S. The third-order valence-corrected chi connectivity index (χ3v) is 4.28. The van der Waals surface area contributed by atoms with Crippen LogP contribution in [0.5, 0.6) is 0 Å². The summed E-state index contributed by atoms with van der Waals surface area (Å²) in [4.78, 5) is 25.9. The van der Waals surface area contributed by atoms with E-state index in [1.54, 1.807) is 12.1 Å². The van der Waals surface area contributed by atoms with Crippen LogP contribution in [0, 0.1) is 10.1 Å². The summed E-state index contributed by atoms with van der Waals surface area (Å²) in [5.74, 6) is -0.208. The van der Waals surface area contributed by atoms with Gasteiger partial charge in [0.05, 0.1) is 10.6 Å². The number of carbonyl (C=O) groups is 1. The van der Waals surface area contributed by atoms with Crippen LogP contribution in [0.3, 0.4) is 0 Å². The summed E-state index contributed by atoms with van der Waals surface area (Å²) >= 11 is 1.39. The Kier molecular flexibility index (Phi) is 3.53. The predicted molar refractivity (Wildman–Crippen MR) is 81.2 cm³/mol. The molecule has 0 spiro atoms. The second-order valence-corrected chi connectivity index (χ2v) is 6.03. The molecule has 8 heteroatoms. The lowest BCUT2D eigenvalue weighted by Gasteiger charge is -2.19. The van der Waals surface area contributed by atoms with Crippen LogP contribution >= 0.6 is 11.3 Å². The molecule has 0 bridgehead atoms. The first-order valence-corrected chi connectivity index (χ1v) is 7.53. The topological polar surface area (TPSA) is 94.4 Å². The summed E-state index contributed by atoms with van der Waals surface area (Å²) in [6.07, 6.45) is 1.02. The molecule has 2 aromatic rings. The number of esters is 1. The quantitative estimate of drug-likeness (QED) is 0.527. The number of aromatic nitrogens is 1. The van der Waals surface area contributed by atoms with Gasteiger partial charge in [0, 0.05) is 36.0 Å². The van der Waals surface area contributed by atoms with Crippen molar-refractivity contribution in [3.05, 3.63) is 45.5 Å². The molecule has 1 saturated heterocycles. The number of rotatable bonds is 4. The van der Waals surface area contributed by atoms with Gasteiger partial charge in [0.15, 0.2) is 10.7 Å². The van der Waals surface area contributed by atoms with Gasteiger partial charge in [-0.25, -0.2) is 4.98 Å². The van der Waals surface area contributed by atoms with Gasteiger partial charge in [0.1, 0.15) is 0 Å². The number of cyclic esters (lactones) is 1. The fourth-order valence-corrected chi connectivity index (χ4v) is 3.09. The van der Waals surface area contributed by atoms with Crippen molar-refractivity contribution in [2.75, 3.05) is 5.32 Å². The van der Waals surface area contributed by atoms with E-state index in [-0.39, 0.29) is 11.7 Å². The van der Waals surface area contributed by atoms with Crippen LogP contribution < -0.4 is 5.32 Å². The molecule has 22 heavy (non-hydrogen) atoms. The highest BCUT2D eigenvalue weighted by Crippen LogP contribution is 2.38. The van der Waals surface area contributed by atoms with Crippen molar-refractivity contribution in [2.24, 2.45) is 0 Å². The first-order chi connectivity index (χ1) is 10.5. The lowest BCUT2D eigenvalue weighted by atomic mass is 10.00.